The van der Waals surface area contributed by atoms with Gasteiger partial charge in [-0.3, -0.25) is 0 Å². The van der Waals surface area contributed by atoms with Crippen LogP contribution in [0.25, 0.3) is 0 Å². The van der Waals surface area contributed by atoms with Gasteiger partial charge in [0.05, 0.1) is 0 Å². The van der Waals surface area contributed by atoms with Gasteiger partial charge in [-0.05, 0) is 28.6 Å². The van der Waals surface area contributed by atoms with Crippen molar-refractivity contribution in [3.63, 3.8) is 0 Å². The maximum Gasteiger partial charge on any atom is 0.345 e. The molecule has 0 atom stereocenters. The summed E-state index contributed by atoms with van der Waals surface area (Å²) in [4.78, 5) is 11.0. The number of benzene rings is 1. The van der Waals surface area contributed by atoms with Crippen molar-refractivity contribution in [3.05, 3.63) is 57.5 Å². The van der Waals surface area contributed by atoms with E-state index < -0.39 is 5.97 Å². The molecule has 0 aliphatic rings. The lowest BCUT2D eigenvalue weighted by atomic mass is 10.1. The highest BCUT2D eigenvalue weighted by Gasteiger charge is 2.08. The number of thiophene rings is 1. The maximum absolute atomic E-state index is 13.3. The Bertz CT molecular complexity index is 519. The van der Waals surface area contributed by atoms with E-state index in [2.05, 4.69) is 0 Å². The zero-order valence-electron chi connectivity index (χ0n) is 8.31. The van der Waals surface area contributed by atoms with E-state index in [9.17, 15) is 9.18 Å². The number of aromatic carboxylic acids is 1. The predicted molar refractivity (Wildman–Crippen MR) is 60.5 cm³/mol. The predicted octanol–water partition coefficient (Wildman–Crippen LogP) is 3.18. The molecule has 2 rings (SSSR count). The summed E-state index contributed by atoms with van der Waals surface area (Å²) < 4.78 is 13.3. The van der Waals surface area contributed by atoms with Crippen LogP contribution in [0.1, 0.15) is 20.8 Å². The number of carboxylic acid groups (broad SMARTS) is 1. The van der Waals surface area contributed by atoms with E-state index in [1.807, 2.05) is 0 Å². The lowest BCUT2D eigenvalue weighted by molar-refractivity contribution is 0.0702. The Hall–Kier alpha value is -1.68. The second-order valence-electron chi connectivity index (χ2n) is 3.39. The van der Waals surface area contributed by atoms with Crippen LogP contribution in [-0.4, -0.2) is 11.1 Å². The fraction of sp³-hybridized carbons (Fsp3) is 0.0833. The summed E-state index contributed by atoms with van der Waals surface area (Å²) >= 11 is 1.16. The summed E-state index contributed by atoms with van der Waals surface area (Å²) in [6.45, 7) is 0. The van der Waals surface area contributed by atoms with E-state index in [1.165, 1.54) is 6.07 Å². The number of rotatable bonds is 3. The summed E-state index contributed by atoms with van der Waals surface area (Å²) in [6.07, 6.45) is 0.427. The monoisotopic (exact) mass is 236 g/mol. The van der Waals surface area contributed by atoms with Crippen LogP contribution in [0.2, 0.25) is 0 Å². The molecule has 0 saturated carbocycles. The number of carbonyl (C=O) groups is 1. The molecule has 0 unspecified atom stereocenters. The van der Waals surface area contributed by atoms with Crippen molar-refractivity contribution in [2.24, 2.45) is 0 Å². The average Bonchev–Trinajstić information content (AvgIpc) is 2.70. The second-order valence-corrected chi connectivity index (χ2v) is 4.30. The second kappa shape index (κ2) is 4.45. The summed E-state index contributed by atoms with van der Waals surface area (Å²) in [5.74, 6) is -1.20. The van der Waals surface area contributed by atoms with Gasteiger partial charge >= 0.3 is 5.97 Å². The zero-order valence-corrected chi connectivity index (χ0v) is 9.13. The summed E-state index contributed by atoms with van der Waals surface area (Å²) in [5.41, 5.74) is 1.41. The number of carboxylic acids is 1. The van der Waals surface area contributed by atoms with E-state index >= 15 is 0 Å². The van der Waals surface area contributed by atoms with Crippen LogP contribution in [0.3, 0.4) is 0 Å². The molecule has 0 fully saturated rings. The largest absolute Gasteiger partial charge is 0.477 e. The van der Waals surface area contributed by atoms with Gasteiger partial charge in [-0.2, -0.15) is 0 Å². The topological polar surface area (TPSA) is 37.3 Å². The van der Waals surface area contributed by atoms with Gasteiger partial charge in [-0.25, -0.2) is 9.18 Å². The van der Waals surface area contributed by atoms with E-state index in [-0.39, 0.29) is 10.7 Å². The van der Waals surface area contributed by atoms with Crippen LogP contribution < -0.4 is 0 Å². The number of hydrogen-bond acceptors (Lipinski definition) is 2. The molecule has 0 amide bonds. The lowest BCUT2D eigenvalue weighted by Crippen LogP contribution is -1.92. The molecular weight excluding hydrogens is 227 g/mol. The van der Waals surface area contributed by atoms with Gasteiger partial charge in [0.25, 0.3) is 0 Å². The van der Waals surface area contributed by atoms with Gasteiger partial charge in [0.1, 0.15) is 10.7 Å². The molecule has 1 heterocycles. The normalized spacial score (nSPS) is 10.3. The Morgan fingerprint density at radius 1 is 1.38 bits per heavy atom. The molecule has 2 nitrogen and oxygen atoms in total. The minimum atomic E-state index is -0.940. The molecule has 82 valence electrons. The highest BCUT2D eigenvalue weighted by atomic mass is 32.1. The van der Waals surface area contributed by atoms with Crippen LogP contribution in [0.4, 0.5) is 4.39 Å². The van der Waals surface area contributed by atoms with Crippen LogP contribution in [0.15, 0.2) is 35.7 Å². The fourth-order valence-electron chi connectivity index (χ4n) is 1.44. The standard InChI is InChI=1S/C12H9FO2S/c13-10-4-2-1-3-9(10)5-8-6-11(12(14)15)16-7-8/h1-4,6-7H,5H2,(H,14,15). The molecule has 0 spiro atoms. The van der Waals surface area contributed by atoms with Gasteiger partial charge in [-0.1, -0.05) is 18.2 Å². The Morgan fingerprint density at radius 2 is 2.12 bits per heavy atom. The minimum absolute atomic E-state index is 0.259. The third-order valence-corrected chi connectivity index (χ3v) is 3.18. The lowest BCUT2D eigenvalue weighted by Gasteiger charge is -1.99. The summed E-state index contributed by atoms with van der Waals surface area (Å²) in [7, 11) is 0. The third kappa shape index (κ3) is 2.28. The zero-order chi connectivity index (χ0) is 11.5. The first-order valence-corrected chi connectivity index (χ1v) is 5.59. The van der Waals surface area contributed by atoms with Gasteiger partial charge in [-0.15, -0.1) is 11.3 Å². The average molecular weight is 236 g/mol. The van der Waals surface area contributed by atoms with Crippen molar-refractivity contribution < 1.29 is 14.3 Å². The van der Waals surface area contributed by atoms with E-state index in [0.29, 0.717) is 12.0 Å². The summed E-state index contributed by atoms with van der Waals surface area (Å²) in [6, 6.07) is 8.09. The molecule has 2 aromatic rings. The van der Waals surface area contributed by atoms with Crippen LogP contribution in [0, 0.1) is 5.82 Å². The molecule has 1 aromatic carbocycles. The van der Waals surface area contributed by atoms with Crippen molar-refractivity contribution in [2.45, 2.75) is 6.42 Å². The first-order valence-electron chi connectivity index (χ1n) is 4.71. The first kappa shape index (κ1) is 10.8. The molecule has 0 aliphatic heterocycles. The summed E-state index contributed by atoms with van der Waals surface area (Å²) in [5, 5.41) is 10.5. The minimum Gasteiger partial charge on any atom is -0.477 e. The highest BCUT2D eigenvalue weighted by Crippen LogP contribution is 2.19. The Kier molecular flexibility index (Phi) is 3.01. The molecule has 0 aliphatic carbocycles. The van der Waals surface area contributed by atoms with E-state index in [1.54, 1.807) is 29.6 Å². The van der Waals surface area contributed by atoms with E-state index in [4.69, 9.17) is 5.11 Å². The fourth-order valence-corrected chi connectivity index (χ4v) is 2.19. The Morgan fingerprint density at radius 3 is 2.75 bits per heavy atom. The molecule has 1 N–H and O–H groups in total. The van der Waals surface area contributed by atoms with Crippen LogP contribution >= 0.6 is 11.3 Å². The first-order chi connectivity index (χ1) is 7.66. The SMILES string of the molecule is O=C(O)c1cc(Cc2ccccc2F)cs1. The van der Waals surface area contributed by atoms with Gasteiger partial charge in [0, 0.05) is 6.42 Å². The molecule has 4 heteroatoms. The third-order valence-electron chi connectivity index (χ3n) is 2.22. The molecule has 0 bridgehead atoms. The highest BCUT2D eigenvalue weighted by molar-refractivity contribution is 7.12. The molecular formula is C12H9FO2S. The van der Waals surface area contributed by atoms with Crippen molar-refractivity contribution >= 4 is 17.3 Å². The van der Waals surface area contributed by atoms with Crippen molar-refractivity contribution in [2.75, 3.05) is 0 Å². The van der Waals surface area contributed by atoms with Crippen LogP contribution in [0.5, 0.6) is 0 Å². The van der Waals surface area contributed by atoms with Gasteiger partial charge < -0.3 is 5.11 Å². The van der Waals surface area contributed by atoms with Crippen molar-refractivity contribution in [1.82, 2.24) is 0 Å². The van der Waals surface area contributed by atoms with Crippen LogP contribution in [-0.2, 0) is 6.42 Å². The number of halogens is 1. The van der Waals surface area contributed by atoms with E-state index in [0.717, 1.165) is 16.9 Å². The molecule has 1 aromatic heterocycles. The van der Waals surface area contributed by atoms with Crippen molar-refractivity contribution in [1.29, 1.82) is 0 Å². The van der Waals surface area contributed by atoms with Gasteiger partial charge in [0.15, 0.2) is 0 Å². The smallest absolute Gasteiger partial charge is 0.345 e. The Balaban J connectivity index is 2.21. The van der Waals surface area contributed by atoms with Crippen molar-refractivity contribution in [3.8, 4) is 0 Å². The van der Waals surface area contributed by atoms with Gasteiger partial charge in [0.2, 0.25) is 0 Å². The quantitative estimate of drug-likeness (QED) is 0.888. The Labute approximate surface area is 96.0 Å². The molecule has 16 heavy (non-hydrogen) atoms. The molecule has 0 radical (unpaired) electrons. The molecule has 0 saturated heterocycles. The number of hydrogen-bond donors (Lipinski definition) is 1. The maximum atomic E-state index is 13.3.